The van der Waals surface area contributed by atoms with E-state index in [1.165, 1.54) is 22.3 Å². The average molecular weight is 302 g/mol. The number of anilines is 1. The minimum absolute atomic E-state index is 0.370. The van der Waals surface area contributed by atoms with Gasteiger partial charge in [0.15, 0.2) is 0 Å². The zero-order valence-electron chi connectivity index (χ0n) is 13.9. The highest BCUT2D eigenvalue weighted by Crippen LogP contribution is 2.40. The first-order valence-electron chi connectivity index (χ1n) is 7.95. The van der Waals surface area contributed by atoms with Crippen molar-refractivity contribution in [3.63, 3.8) is 0 Å². The monoisotopic (exact) mass is 302 g/mol. The Morgan fingerprint density at radius 3 is 2.30 bits per heavy atom. The van der Waals surface area contributed by atoms with Crippen LogP contribution in [0.25, 0.3) is 0 Å². The van der Waals surface area contributed by atoms with Gasteiger partial charge in [-0.1, -0.05) is 65.3 Å². The van der Waals surface area contributed by atoms with Gasteiger partial charge in [0.1, 0.15) is 0 Å². The zero-order chi connectivity index (χ0) is 16.2. The molecule has 0 saturated carbocycles. The molecule has 23 heavy (non-hydrogen) atoms. The lowest BCUT2D eigenvalue weighted by Gasteiger charge is -2.18. The summed E-state index contributed by atoms with van der Waals surface area (Å²) in [6.45, 7) is 6.62. The predicted octanol–water partition coefficient (Wildman–Crippen LogP) is 5.51. The summed E-state index contributed by atoms with van der Waals surface area (Å²) in [5.41, 5.74) is 10.8. The highest BCUT2D eigenvalue weighted by atomic mass is 15.3. The Morgan fingerprint density at radius 1 is 0.913 bits per heavy atom. The van der Waals surface area contributed by atoms with E-state index < -0.39 is 0 Å². The molecule has 3 rings (SSSR count). The topological polar surface area (TPSA) is 24.4 Å². The van der Waals surface area contributed by atoms with Crippen LogP contribution in [-0.2, 0) is 0 Å². The number of hydrogen-bond donors (Lipinski definition) is 1. The Bertz CT molecular complexity index is 782. The Hall–Kier alpha value is -2.61. The van der Waals surface area contributed by atoms with Crippen molar-refractivity contribution in [1.29, 1.82) is 0 Å². The molecule has 1 N–H and O–H groups in total. The van der Waals surface area contributed by atoms with Crippen LogP contribution in [0, 0.1) is 0 Å². The molecule has 2 nitrogen and oxygen atoms in total. The summed E-state index contributed by atoms with van der Waals surface area (Å²) < 4.78 is 0. The molecule has 116 valence electrons. The molecular weight excluding hydrogens is 280 g/mol. The summed E-state index contributed by atoms with van der Waals surface area (Å²) in [6.07, 6.45) is 4.20. The maximum absolute atomic E-state index is 4.40. The standard InChI is InChI=1S/C21H22N2/c1-15-13-16(2)21(17(15)3)20-12-8-7-9-18(20)14-22-23-19-10-5-4-6-11-19/h4-14,21,23H,1-3H3. The van der Waals surface area contributed by atoms with Crippen molar-refractivity contribution in [1.82, 2.24) is 0 Å². The van der Waals surface area contributed by atoms with Gasteiger partial charge in [0.05, 0.1) is 11.9 Å². The van der Waals surface area contributed by atoms with E-state index in [9.17, 15) is 0 Å². The molecule has 1 unspecified atom stereocenters. The van der Waals surface area contributed by atoms with E-state index in [1.54, 1.807) is 0 Å². The maximum atomic E-state index is 4.40. The number of nitrogens with zero attached hydrogens (tertiary/aromatic N) is 1. The van der Waals surface area contributed by atoms with Crippen LogP contribution in [0.15, 0.2) is 82.5 Å². The second-order valence-corrected chi connectivity index (χ2v) is 6.05. The van der Waals surface area contributed by atoms with Gasteiger partial charge in [0.2, 0.25) is 0 Å². The number of allylic oxidation sites excluding steroid dienone is 4. The fraction of sp³-hybridized carbons (Fsp3) is 0.190. The predicted molar refractivity (Wildman–Crippen MR) is 99.0 cm³/mol. The maximum Gasteiger partial charge on any atom is 0.0561 e. The second-order valence-electron chi connectivity index (χ2n) is 6.05. The van der Waals surface area contributed by atoms with E-state index in [-0.39, 0.29) is 0 Å². The Balaban J connectivity index is 1.86. The first kappa shape index (κ1) is 15.3. The van der Waals surface area contributed by atoms with Crippen molar-refractivity contribution in [2.75, 3.05) is 5.43 Å². The lowest BCUT2D eigenvalue weighted by atomic mass is 9.86. The molecule has 0 aliphatic heterocycles. The van der Waals surface area contributed by atoms with Gasteiger partial charge in [-0.05, 0) is 44.0 Å². The minimum atomic E-state index is 0.370. The molecule has 0 spiro atoms. The number of para-hydroxylation sites is 1. The van der Waals surface area contributed by atoms with E-state index in [2.05, 4.69) is 61.6 Å². The number of hydrazone groups is 1. The smallest absolute Gasteiger partial charge is 0.0561 e. The summed E-state index contributed by atoms with van der Waals surface area (Å²) in [7, 11) is 0. The molecule has 2 aromatic carbocycles. The molecule has 1 atom stereocenters. The van der Waals surface area contributed by atoms with Crippen molar-refractivity contribution >= 4 is 11.9 Å². The highest BCUT2D eigenvalue weighted by molar-refractivity contribution is 5.83. The summed E-state index contributed by atoms with van der Waals surface area (Å²) >= 11 is 0. The molecule has 1 aliphatic carbocycles. The van der Waals surface area contributed by atoms with E-state index in [0.717, 1.165) is 11.3 Å². The van der Waals surface area contributed by atoms with Crippen molar-refractivity contribution < 1.29 is 0 Å². The Morgan fingerprint density at radius 2 is 1.61 bits per heavy atom. The van der Waals surface area contributed by atoms with Crippen molar-refractivity contribution in [2.45, 2.75) is 26.7 Å². The third-order valence-corrected chi connectivity index (χ3v) is 4.43. The van der Waals surface area contributed by atoms with Crippen LogP contribution in [-0.4, -0.2) is 6.21 Å². The molecule has 0 amide bonds. The zero-order valence-corrected chi connectivity index (χ0v) is 13.9. The summed E-state index contributed by atoms with van der Waals surface area (Å²) in [6, 6.07) is 18.5. The summed E-state index contributed by atoms with van der Waals surface area (Å²) in [5.74, 6) is 0.370. The fourth-order valence-electron chi connectivity index (χ4n) is 3.17. The van der Waals surface area contributed by atoms with Gasteiger partial charge in [0.25, 0.3) is 0 Å². The quantitative estimate of drug-likeness (QED) is 0.584. The third-order valence-electron chi connectivity index (χ3n) is 4.43. The molecule has 0 bridgehead atoms. The van der Waals surface area contributed by atoms with Gasteiger partial charge in [-0.2, -0.15) is 5.10 Å². The Kier molecular flexibility index (Phi) is 4.42. The van der Waals surface area contributed by atoms with Crippen LogP contribution in [0.4, 0.5) is 5.69 Å². The molecule has 2 heteroatoms. The Labute approximate surface area is 138 Å². The molecular formula is C21H22N2. The first-order chi connectivity index (χ1) is 11.2. The minimum Gasteiger partial charge on any atom is -0.279 e. The third kappa shape index (κ3) is 3.26. The number of benzene rings is 2. The van der Waals surface area contributed by atoms with Crippen LogP contribution >= 0.6 is 0 Å². The van der Waals surface area contributed by atoms with Crippen molar-refractivity contribution in [3.05, 3.63) is 88.5 Å². The number of nitrogens with one attached hydrogen (secondary N) is 1. The summed E-state index contributed by atoms with van der Waals surface area (Å²) in [4.78, 5) is 0. The van der Waals surface area contributed by atoms with Crippen molar-refractivity contribution in [2.24, 2.45) is 5.10 Å². The van der Waals surface area contributed by atoms with Gasteiger partial charge in [-0.25, -0.2) is 0 Å². The molecule has 0 fully saturated rings. The molecule has 2 aromatic rings. The summed E-state index contributed by atoms with van der Waals surface area (Å²) in [5, 5.41) is 4.40. The highest BCUT2D eigenvalue weighted by Gasteiger charge is 2.23. The molecule has 1 aliphatic rings. The second kappa shape index (κ2) is 6.66. The lowest BCUT2D eigenvalue weighted by molar-refractivity contribution is 0.936. The van der Waals surface area contributed by atoms with E-state index in [4.69, 9.17) is 0 Å². The van der Waals surface area contributed by atoms with Crippen LogP contribution in [0.1, 0.15) is 37.8 Å². The SMILES string of the molecule is CC1=CC(C)=C(C)C1c1ccccc1C=NNc1ccccc1. The molecule has 0 aromatic heterocycles. The van der Waals surface area contributed by atoms with Gasteiger partial charge in [0, 0.05) is 5.92 Å². The normalized spacial score (nSPS) is 17.7. The lowest BCUT2D eigenvalue weighted by Crippen LogP contribution is -2.04. The first-order valence-corrected chi connectivity index (χ1v) is 7.95. The van der Waals surface area contributed by atoms with Crippen LogP contribution < -0.4 is 5.43 Å². The fourth-order valence-corrected chi connectivity index (χ4v) is 3.17. The molecule has 0 saturated heterocycles. The largest absolute Gasteiger partial charge is 0.279 e. The number of rotatable bonds is 4. The van der Waals surface area contributed by atoms with Gasteiger partial charge in [-0.15, -0.1) is 0 Å². The van der Waals surface area contributed by atoms with Crippen LogP contribution in [0.3, 0.4) is 0 Å². The van der Waals surface area contributed by atoms with Gasteiger partial charge in [-0.3, -0.25) is 5.43 Å². The molecule has 0 heterocycles. The van der Waals surface area contributed by atoms with E-state index >= 15 is 0 Å². The van der Waals surface area contributed by atoms with Crippen LogP contribution in [0.5, 0.6) is 0 Å². The average Bonchev–Trinajstić information content (AvgIpc) is 2.82. The van der Waals surface area contributed by atoms with Crippen LogP contribution in [0.2, 0.25) is 0 Å². The van der Waals surface area contributed by atoms with E-state index in [0.29, 0.717) is 5.92 Å². The van der Waals surface area contributed by atoms with E-state index in [1.807, 2.05) is 36.5 Å². The number of hydrogen-bond acceptors (Lipinski definition) is 2. The van der Waals surface area contributed by atoms with Crippen molar-refractivity contribution in [3.8, 4) is 0 Å². The van der Waals surface area contributed by atoms with Gasteiger partial charge >= 0.3 is 0 Å². The van der Waals surface area contributed by atoms with Gasteiger partial charge < -0.3 is 0 Å². The molecule has 0 radical (unpaired) electrons.